The number of likely N-dealkylation sites (tertiary alicyclic amines) is 1. The van der Waals surface area contributed by atoms with Gasteiger partial charge in [0.2, 0.25) is 0 Å². The molecule has 80 valence electrons. The molecule has 1 aliphatic heterocycles. The van der Waals surface area contributed by atoms with Gasteiger partial charge in [-0.05, 0) is 31.8 Å². The number of nitrogens with two attached hydrogens (primary N) is 1. The molecule has 0 aromatic heterocycles. The highest BCUT2D eigenvalue weighted by atomic mass is 16.4. The fourth-order valence-corrected chi connectivity index (χ4v) is 1.81. The van der Waals surface area contributed by atoms with Gasteiger partial charge in [0.25, 0.3) is 0 Å². The SMILES string of the molecule is NC[C@@H]1CCCN(C/C=C/C(=O)O)C1. The van der Waals surface area contributed by atoms with E-state index in [1.54, 1.807) is 6.08 Å². The molecule has 0 aromatic rings. The molecule has 0 unspecified atom stereocenters. The zero-order valence-corrected chi connectivity index (χ0v) is 8.35. The first-order chi connectivity index (χ1) is 6.72. The normalized spacial score (nSPS) is 24.2. The van der Waals surface area contributed by atoms with Gasteiger partial charge in [-0.15, -0.1) is 0 Å². The van der Waals surface area contributed by atoms with Gasteiger partial charge in [-0.25, -0.2) is 4.79 Å². The second-order valence-corrected chi connectivity index (χ2v) is 3.74. The maximum atomic E-state index is 10.2. The van der Waals surface area contributed by atoms with Crippen LogP contribution in [0.1, 0.15) is 12.8 Å². The Labute approximate surface area is 84.4 Å². The average molecular weight is 198 g/mol. The first kappa shape index (κ1) is 11.2. The molecule has 0 saturated carbocycles. The van der Waals surface area contributed by atoms with Gasteiger partial charge in [0, 0.05) is 19.2 Å². The highest BCUT2D eigenvalue weighted by Crippen LogP contribution is 2.14. The largest absolute Gasteiger partial charge is 0.478 e. The minimum atomic E-state index is -0.877. The molecule has 0 radical (unpaired) electrons. The van der Waals surface area contributed by atoms with E-state index in [4.69, 9.17) is 10.8 Å². The molecule has 1 atom stereocenters. The second kappa shape index (κ2) is 5.78. The summed E-state index contributed by atoms with van der Waals surface area (Å²) >= 11 is 0. The Morgan fingerprint density at radius 1 is 1.64 bits per heavy atom. The Kier molecular flexibility index (Phi) is 4.62. The lowest BCUT2D eigenvalue weighted by molar-refractivity contribution is -0.131. The monoisotopic (exact) mass is 198 g/mol. The summed E-state index contributed by atoms with van der Waals surface area (Å²) in [6.07, 6.45) is 5.27. The van der Waals surface area contributed by atoms with Crippen LogP contribution in [0.5, 0.6) is 0 Å². The quantitative estimate of drug-likeness (QED) is 0.637. The van der Waals surface area contributed by atoms with Crippen molar-refractivity contribution in [3.63, 3.8) is 0 Å². The van der Waals surface area contributed by atoms with Crippen molar-refractivity contribution >= 4 is 5.97 Å². The lowest BCUT2D eigenvalue weighted by atomic mass is 9.98. The zero-order valence-electron chi connectivity index (χ0n) is 8.35. The van der Waals surface area contributed by atoms with Crippen molar-refractivity contribution in [2.45, 2.75) is 12.8 Å². The van der Waals surface area contributed by atoms with E-state index in [1.807, 2.05) is 0 Å². The van der Waals surface area contributed by atoms with Gasteiger partial charge in [0.1, 0.15) is 0 Å². The first-order valence-electron chi connectivity index (χ1n) is 5.04. The Morgan fingerprint density at radius 3 is 3.07 bits per heavy atom. The number of carboxylic acid groups (broad SMARTS) is 1. The average Bonchev–Trinajstić information content (AvgIpc) is 2.18. The van der Waals surface area contributed by atoms with Gasteiger partial charge in [0.05, 0.1) is 0 Å². The van der Waals surface area contributed by atoms with E-state index in [-0.39, 0.29) is 0 Å². The van der Waals surface area contributed by atoms with E-state index < -0.39 is 5.97 Å². The highest BCUT2D eigenvalue weighted by Gasteiger charge is 2.17. The standard InChI is InChI=1S/C10H18N2O2/c11-7-9-3-1-5-12(8-9)6-2-4-10(13)14/h2,4,9H,1,3,5-8,11H2,(H,13,14)/b4-2+/t9-/m0/s1. The summed E-state index contributed by atoms with van der Waals surface area (Å²) < 4.78 is 0. The molecule has 4 nitrogen and oxygen atoms in total. The molecule has 1 heterocycles. The van der Waals surface area contributed by atoms with Crippen LogP contribution in [0, 0.1) is 5.92 Å². The molecule has 0 aromatic carbocycles. The molecule has 0 aliphatic carbocycles. The van der Waals surface area contributed by atoms with Crippen LogP contribution in [-0.2, 0) is 4.79 Å². The molecule has 0 amide bonds. The van der Waals surface area contributed by atoms with Crippen LogP contribution >= 0.6 is 0 Å². The van der Waals surface area contributed by atoms with Crippen LogP contribution in [0.2, 0.25) is 0 Å². The van der Waals surface area contributed by atoms with Crippen molar-refractivity contribution in [3.8, 4) is 0 Å². The number of piperidine rings is 1. The van der Waals surface area contributed by atoms with E-state index in [2.05, 4.69) is 4.90 Å². The summed E-state index contributed by atoms with van der Waals surface area (Å²) in [5.74, 6) is -0.292. The molecule has 0 spiro atoms. The third-order valence-corrected chi connectivity index (χ3v) is 2.56. The number of nitrogens with zero attached hydrogens (tertiary/aromatic N) is 1. The number of aliphatic carboxylic acids is 1. The van der Waals surface area contributed by atoms with Gasteiger partial charge < -0.3 is 10.8 Å². The lowest BCUT2D eigenvalue weighted by Gasteiger charge is -2.31. The van der Waals surface area contributed by atoms with Crippen LogP contribution in [0.4, 0.5) is 0 Å². The summed E-state index contributed by atoms with van der Waals surface area (Å²) in [6, 6.07) is 0. The highest BCUT2D eigenvalue weighted by molar-refractivity contribution is 5.79. The molecule has 4 heteroatoms. The van der Waals surface area contributed by atoms with Crippen molar-refractivity contribution in [1.29, 1.82) is 0 Å². The molecule has 1 rings (SSSR count). The van der Waals surface area contributed by atoms with Crippen LogP contribution in [0.25, 0.3) is 0 Å². The van der Waals surface area contributed by atoms with Crippen LogP contribution in [0.15, 0.2) is 12.2 Å². The number of hydrogen-bond donors (Lipinski definition) is 2. The van der Waals surface area contributed by atoms with E-state index >= 15 is 0 Å². The molecule has 1 saturated heterocycles. The second-order valence-electron chi connectivity index (χ2n) is 3.74. The van der Waals surface area contributed by atoms with E-state index in [0.717, 1.165) is 26.2 Å². The smallest absolute Gasteiger partial charge is 0.328 e. The fourth-order valence-electron chi connectivity index (χ4n) is 1.81. The topological polar surface area (TPSA) is 66.6 Å². The Morgan fingerprint density at radius 2 is 2.43 bits per heavy atom. The van der Waals surface area contributed by atoms with Gasteiger partial charge >= 0.3 is 5.97 Å². The third-order valence-electron chi connectivity index (χ3n) is 2.56. The van der Waals surface area contributed by atoms with Crippen LogP contribution in [0.3, 0.4) is 0 Å². The van der Waals surface area contributed by atoms with Gasteiger partial charge in [-0.3, -0.25) is 4.90 Å². The summed E-state index contributed by atoms with van der Waals surface area (Å²) in [4.78, 5) is 12.5. The maximum absolute atomic E-state index is 10.2. The van der Waals surface area contributed by atoms with Crippen molar-refractivity contribution in [2.75, 3.05) is 26.2 Å². The predicted octanol–water partition coefficient (Wildman–Crippen LogP) is 0.298. The first-order valence-corrected chi connectivity index (χ1v) is 5.04. The molecular weight excluding hydrogens is 180 g/mol. The van der Waals surface area contributed by atoms with Crippen molar-refractivity contribution in [1.82, 2.24) is 4.90 Å². The van der Waals surface area contributed by atoms with Gasteiger partial charge in [-0.2, -0.15) is 0 Å². The number of carbonyl (C=O) groups is 1. The number of rotatable bonds is 4. The third kappa shape index (κ3) is 3.89. The Bertz CT molecular complexity index is 216. The Hall–Kier alpha value is -0.870. The molecule has 3 N–H and O–H groups in total. The van der Waals surface area contributed by atoms with Crippen molar-refractivity contribution in [2.24, 2.45) is 11.7 Å². The lowest BCUT2D eigenvalue weighted by Crippen LogP contribution is -2.38. The number of carboxylic acids is 1. The van der Waals surface area contributed by atoms with Gasteiger partial charge in [-0.1, -0.05) is 6.08 Å². The summed E-state index contributed by atoms with van der Waals surface area (Å²) in [6.45, 7) is 3.52. The predicted molar refractivity (Wildman–Crippen MR) is 55.0 cm³/mol. The molecule has 1 aliphatic rings. The fraction of sp³-hybridized carbons (Fsp3) is 0.700. The summed E-state index contributed by atoms with van der Waals surface area (Å²) in [5, 5.41) is 8.42. The van der Waals surface area contributed by atoms with Crippen molar-refractivity contribution < 1.29 is 9.90 Å². The molecular formula is C10H18N2O2. The zero-order chi connectivity index (χ0) is 10.4. The van der Waals surface area contributed by atoms with E-state index in [9.17, 15) is 4.79 Å². The van der Waals surface area contributed by atoms with E-state index in [0.29, 0.717) is 5.92 Å². The summed E-state index contributed by atoms with van der Waals surface area (Å²) in [7, 11) is 0. The molecule has 1 fully saturated rings. The molecule has 14 heavy (non-hydrogen) atoms. The van der Waals surface area contributed by atoms with E-state index in [1.165, 1.54) is 18.9 Å². The van der Waals surface area contributed by atoms with Crippen LogP contribution in [-0.4, -0.2) is 42.2 Å². The number of hydrogen-bond acceptors (Lipinski definition) is 3. The van der Waals surface area contributed by atoms with Crippen molar-refractivity contribution in [3.05, 3.63) is 12.2 Å². The van der Waals surface area contributed by atoms with Gasteiger partial charge in [0.15, 0.2) is 0 Å². The minimum absolute atomic E-state index is 0.585. The van der Waals surface area contributed by atoms with Crippen LogP contribution < -0.4 is 5.73 Å². The Balaban J connectivity index is 2.27. The summed E-state index contributed by atoms with van der Waals surface area (Å²) in [5.41, 5.74) is 5.60. The minimum Gasteiger partial charge on any atom is -0.478 e. The molecule has 0 bridgehead atoms. The maximum Gasteiger partial charge on any atom is 0.328 e.